The Labute approximate surface area is 202 Å². The van der Waals surface area contributed by atoms with E-state index in [0.29, 0.717) is 0 Å². The van der Waals surface area contributed by atoms with Crippen molar-refractivity contribution in [2.24, 2.45) is 0 Å². The number of rotatable bonds is 7. The summed E-state index contributed by atoms with van der Waals surface area (Å²) in [6.07, 6.45) is 0. The van der Waals surface area contributed by atoms with Crippen molar-refractivity contribution in [2.75, 3.05) is 11.5 Å². The molecule has 4 rings (SSSR count). The monoisotopic (exact) mass is 494 g/mol. The first kappa shape index (κ1) is 24.2. The number of imide groups is 2. The van der Waals surface area contributed by atoms with Gasteiger partial charge in [-0.2, -0.15) is 8.78 Å². The highest BCUT2D eigenvalue weighted by Crippen LogP contribution is 2.28. The van der Waals surface area contributed by atoms with Gasteiger partial charge in [-0.25, -0.2) is 9.69 Å². The van der Waals surface area contributed by atoms with Crippen LogP contribution in [0.3, 0.4) is 0 Å². The van der Waals surface area contributed by atoms with Crippen molar-refractivity contribution in [2.45, 2.75) is 6.61 Å². The number of nitrogens with zero attached hydrogens (tertiary/aromatic N) is 1. The summed E-state index contributed by atoms with van der Waals surface area (Å²) in [6.45, 7) is -3.82. The maximum atomic E-state index is 12.7. The van der Waals surface area contributed by atoms with E-state index in [-0.39, 0.29) is 33.7 Å². The van der Waals surface area contributed by atoms with Crippen LogP contribution in [0.15, 0.2) is 72.8 Å². The van der Waals surface area contributed by atoms with Gasteiger partial charge in [0.05, 0.1) is 22.4 Å². The number of carbonyl (C=O) groups is 5. The van der Waals surface area contributed by atoms with Gasteiger partial charge in [-0.1, -0.05) is 18.2 Å². The maximum Gasteiger partial charge on any atom is 0.387 e. The predicted octanol–water partition coefficient (Wildman–Crippen LogP) is 3.20. The zero-order valence-electron chi connectivity index (χ0n) is 18.3. The first-order chi connectivity index (χ1) is 17.2. The molecule has 11 heteroatoms. The quantitative estimate of drug-likeness (QED) is 0.396. The standard InChI is InChI=1S/C25H16F2N2O7/c26-25(27)36-17-10-8-14(9-11-17)21(31)28-20(30)13-35-24(34)15-4-3-5-16(12-15)29-22(32)18-6-1-2-7-19(18)23(29)33/h1-12,25H,13H2,(H,28,30,31). The van der Waals surface area contributed by atoms with Crippen molar-refractivity contribution in [3.05, 3.63) is 95.1 Å². The van der Waals surface area contributed by atoms with Crippen molar-refractivity contribution in [1.82, 2.24) is 5.32 Å². The molecular weight excluding hydrogens is 478 g/mol. The number of ether oxygens (including phenoxy) is 2. The Morgan fingerprint density at radius 3 is 2.08 bits per heavy atom. The van der Waals surface area contributed by atoms with Gasteiger partial charge in [0.15, 0.2) is 6.61 Å². The summed E-state index contributed by atoms with van der Waals surface area (Å²) < 4.78 is 33.5. The van der Waals surface area contributed by atoms with Crippen molar-refractivity contribution in [3.8, 4) is 5.75 Å². The SMILES string of the molecule is O=C(COC(=O)c1cccc(N2C(=O)c3ccccc3C2=O)c1)NC(=O)c1ccc(OC(F)F)cc1. The van der Waals surface area contributed by atoms with Gasteiger partial charge in [0, 0.05) is 5.56 Å². The molecule has 36 heavy (non-hydrogen) atoms. The van der Waals surface area contributed by atoms with Crippen LogP contribution in [0.5, 0.6) is 5.75 Å². The molecule has 9 nitrogen and oxygen atoms in total. The number of benzene rings is 3. The van der Waals surface area contributed by atoms with Crippen LogP contribution in [0.4, 0.5) is 14.5 Å². The first-order valence-electron chi connectivity index (χ1n) is 10.4. The lowest BCUT2D eigenvalue weighted by molar-refractivity contribution is -0.123. The number of hydrogen-bond acceptors (Lipinski definition) is 7. The van der Waals surface area contributed by atoms with Crippen LogP contribution in [0, 0.1) is 0 Å². The third-order valence-corrected chi connectivity index (χ3v) is 5.06. The van der Waals surface area contributed by atoms with Gasteiger partial charge in [0.1, 0.15) is 5.75 Å². The Balaban J connectivity index is 1.35. The number of nitrogens with one attached hydrogen (secondary N) is 1. The minimum Gasteiger partial charge on any atom is -0.452 e. The molecule has 0 saturated carbocycles. The van der Waals surface area contributed by atoms with Crippen LogP contribution >= 0.6 is 0 Å². The first-order valence-corrected chi connectivity index (χ1v) is 10.4. The number of fused-ring (bicyclic) bond motifs is 1. The molecular formula is C25H16F2N2O7. The largest absolute Gasteiger partial charge is 0.452 e. The summed E-state index contributed by atoms with van der Waals surface area (Å²) in [7, 11) is 0. The lowest BCUT2D eigenvalue weighted by atomic mass is 10.1. The van der Waals surface area contributed by atoms with Gasteiger partial charge in [-0.05, 0) is 54.6 Å². The molecule has 0 aromatic heterocycles. The van der Waals surface area contributed by atoms with Gasteiger partial charge in [-0.15, -0.1) is 0 Å². The van der Waals surface area contributed by atoms with Crippen LogP contribution < -0.4 is 15.0 Å². The second kappa shape index (κ2) is 10.1. The number of alkyl halides is 2. The molecule has 1 aliphatic heterocycles. The second-order valence-corrected chi connectivity index (χ2v) is 7.40. The number of amides is 4. The van der Waals surface area contributed by atoms with Crippen LogP contribution in [0.25, 0.3) is 0 Å². The van der Waals surface area contributed by atoms with Crippen molar-refractivity contribution >= 4 is 35.3 Å². The molecule has 0 atom stereocenters. The Bertz CT molecular complexity index is 1340. The Morgan fingerprint density at radius 2 is 1.47 bits per heavy atom. The number of hydrogen-bond donors (Lipinski definition) is 1. The minimum atomic E-state index is -3.02. The molecule has 0 bridgehead atoms. The zero-order valence-corrected chi connectivity index (χ0v) is 18.3. The second-order valence-electron chi connectivity index (χ2n) is 7.40. The topological polar surface area (TPSA) is 119 Å². The van der Waals surface area contributed by atoms with E-state index in [0.717, 1.165) is 17.0 Å². The normalized spacial score (nSPS) is 12.4. The third-order valence-electron chi connectivity index (χ3n) is 5.06. The van der Waals surface area contributed by atoms with E-state index in [9.17, 15) is 32.8 Å². The van der Waals surface area contributed by atoms with Crippen molar-refractivity contribution < 1.29 is 42.2 Å². The van der Waals surface area contributed by atoms with E-state index in [1.807, 2.05) is 5.32 Å². The average molecular weight is 494 g/mol. The van der Waals surface area contributed by atoms with Crippen LogP contribution in [0.1, 0.15) is 41.4 Å². The summed E-state index contributed by atoms with van der Waals surface area (Å²) in [5, 5.41) is 2.00. The molecule has 0 fully saturated rings. The fraction of sp³-hybridized carbons (Fsp3) is 0.0800. The van der Waals surface area contributed by atoms with E-state index < -0.39 is 42.8 Å². The fourth-order valence-electron chi connectivity index (χ4n) is 3.43. The van der Waals surface area contributed by atoms with E-state index >= 15 is 0 Å². The highest BCUT2D eigenvalue weighted by molar-refractivity contribution is 6.34. The maximum absolute atomic E-state index is 12.7. The van der Waals surface area contributed by atoms with Gasteiger partial charge < -0.3 is 9.47 Å². The molecule has 0 spiro atoms. The molecule has 0 unspecified atom stereocenters. The smallest absolute Gasteiger partial charge is 0.387 e. The Kier molecular flexibility index (Phi) is 6.81. The van der Waals surface area contributed by atoms with Crippen LogP contribution in [-0.2, 0) is 9.53 Å². The third kappa shape index (κ3) is 5.09. The summed E-state index contributed by atoms with van der Waals surface area (Å²) in [5.74, 6) is -3.93. The van der Waals surface area contributed by atoms with Crippen molar-refractivity contribution in [3.63, 3.8) is 0 Å². The number of halogens is 2. The fourth-order valence-corrected chi connectivity index (χ4v) is 3.43. The van der Waals surface area contributed by atoms with Crippen molar-refractivity contribution in [1.29, 1.82) is 0 Å². The lowest BCUT2D eigenvalue weighted by Gasteiger charge is -2.14. The Morgan fingerprint density at radius 1 is 0.833 bits per heavy atom. The molecule has 0 radical (unpaired) electrons. The van der Waals surface area contributed by atoms with Crippen LogP contribution in [-0.4, -0.2) is 42.8 Å². The number of anilines is 1. The minimum absolute atomic E-state index is 0.00932. The summed E-state index contributed by atoms with van der Waals surface area (Å²) in [6, 6.07) is 16.5. The Hall–Kier alpha value is -4.93. The molecule has 4 amide bonds. The van der Waals surface area contributed by atoms with Gasteiger partial charge in [0.25, 0.3) is 23.6 Å². The van der Waals surface area contributed by atoms with E-state index in [4.69, 9.17) is 4.74 Å². The van der Waals surface area contributed by atoms with E-state index in [1.165, 1.54) is 48.5 Å². The number of carbonyl (C=O) groups excluding carboxylic acids is 5. The summed E-state index contributed by atoms with van der Waals surface area (Å²) in [5.41, 5.74) is 0.596. The molecule has 1 heterocycles. The predicted molar refractivity (Wildman–Crippen MR) is 120 cm³/mol. The van der Waals surface area contributed by atoms with Gasteiger partial charge >= 0.3 is 12.6 Å². The molecule has 1 N–H and O–H groups in total. The van der Waals surface area contributed by atoms with Gasteiger partial charge in [-0.3, -0.25) is 24.5 Å². The lowest BCUT2D eigenvalue weighted by Crippen LogP contribution is -2.34. The average Bonchev–Trinajstić information content (AvgIpc) is 3.12. The van der Waals surface area contributed by atoms with E-state index in [1.54, 1.807) is 12.1 Å². The highest BCUT2D eigenvalue weighted by atomic mass is 19.3. The molecule has 182 valence electrons. The summed E-state index contributed by atoms with van der Waals surface area (Å²) >= 11 is 0. The van der Waals surface area contributed by atoms with Gasteiger partial charge in [0.2, 0.25) is 0 Å². The molecule has 0 aliphatic carbocycles. The molecule has 3 aromatic rings. The summed E-state index contributed by atoms with van der Waals surface area (Å²) in [4.78, 5) is 62.8. The number of esters is 1. The molecule has 1 aliphatic rings. The molecule has 3 aromatic carbocycles. The zero-order chi connectivity index (χ0) is 25.8. The van der Waals surface area contributed by atoms with Crippen LogP contribution in [0.2, 0.25) is 0 Å². The van der Waals surface area contributed by atoms with E-state index in [2.05, 4.69) is 4.74 Å². The highest BCUT2D eigenvalue weighted by Gasteiger charge is 2.36. The molecule has 0 saturated heterocycles.